The quantitative estimate of drug-likeness (QED) is 0.564. The molecule has 0 bridgehead atoms. The third-order valence-electron chi connectivity index (χ3n) is 4.13. The molecule has 0 fully saturated rings. The van der Waals surface area contributed by atoms with E-state index in [2.05, 4.69) is 15.3 Å². The van der Waals surface area contributed by atoms with E-state index in [4.69, 9.17) is 9.47 Å². The van der Waals surface area contributed by atoms with Crippen molar-refractivity contribution in [1.82, 2.24) is 9.97 Å². The van der Waals surface area contributed by atoms with Crippen molar-refractivity contribution in [3.05, 3.63) is 58.2 Å². The summed E-state index contributed by atoms with van der Waals surface area (Å²) in [5.74, 6) is -1.76. The minimum absolute atomic E-state index is 0.0196. The van der Waals surface area contributed by atoms with Gasteiger partial charge < -0.3 is 9.47 Å². The summed E-state index contributed by atoms with van der Waals surface area (Å²) in [7, 11) is 0. The van der Waals surface area contributed by atoms with Gasteiger partial charge in [-0.05, 0) is 48.5 Å². The zero-order valence-corrected chi connectivity index (χ0v) is 16.8. The Morgan fingerprint density at radius 1 is 1.31 bits per heavy atom. The monoisotopic (exact) mass is 435 g/mol. The summed E-state index contributed by atoms with van der Waals surface area (Å²) in [6.07, 6.45) is 1.99. The van der Waals surface area contributed by atoms with Crippen LogP contribution in [0.1, 0.15) is 26.5 Å². The van der Waals surface area contributed by atoms with Crippen LogP contribution < -0.4 is 14.8 Å². The Hall–Kier alpha value is -2.72. The number of anilines is 1. The number of pyridine rings is 1. The molecule has 0 aliphatic carbocycles. The Morgan fingerprint density at radius 2 is 2.14 bits per heavy atom. The Labute approximate surface area is 173 Å². The lowest BCUT2D eigenvalue weighted by Crippen LogP contribution is -2.13. The number of halogens is 2. The molecule has 0 saturated carbocycles. The molecular formula is C19H15F2N3O3S2. The van der Waals surface area contributed by atoms with Gasteiger partial charge >= 0.3 is 0 Å². The summed E-state index contributed by atoms with van der Waals surface area (Å²) in [6, 6.07) is 8.72. The number of thioether (sulfide) groups is 1. The number of alkyl halides is 2. The molecule has 29 heavy (non-hydrogen) atoms. The van der Waals surface area contributed by atoms with E-state index in [1.54, 1.807) is 0 Å². The average Bonchev–Trinajstić information content (AvgIpc) is 3.28. The first-order valence-corrected chi connectivity index (χ1v) is 10.2. The number of rotatable bonds is 6. The van der Waals surface area contributed by atoms with Crippen molar-refractivity contribution in [1.29, 1.82) is 0 Å². The fourth-order valence-electron chi connectivity index (χ4n) is 2.79. The number of fused-ring (bicyclic) bond motifs is 1. The predicted octanol–water partition coefficient (Wildman–Crippen LogP) is 4.73. The Morgan fingerprint density at radius 3 is 2.97 bits per heavy atom. The molecule has 3 heterocycles. The molecule has 1 amide bonds. The van der Waals surface area contributed by atoms with Gasteiger partial charge in [0.25, 0.3) is 11.7 Å². The molecule has 6 nitrogen and oxygen atoms in total. The normalized spacial score (nSPS) is 12.4. The fourth-order valence-corrected chi connectivity index (χ4v) is 4.36. The molecule has 1 aromatic carbocycles. The van der Waals surface area contributed by atoms with E-state index in [-0.39, 0.29) is 29.1 Å². The van der Waals surface area contributed by atoms with Crippen LogP contribution in [0.3, 0.4) is 0 Å². The smallest absolute Gasteiger partial charge is 0.290 e. The lowest BCUT2D eigenvalue weighted by atomic mass is 10.1. The second kappa shape index (κ2) is 8.34. The van der Waals surface area contributed by atoms with Gasteiger partial charge in [0, 0.05) is 17.5 Å². The highest BCUT2D eigenvalue weighted by Gasteiger charge is 2.19. The summed E-state index contributed by atoms with van der Waals surface area (Å²) in [4.78, 5) is 21.8. The number of hydrogen-bond donors (Lipinski definition) is 1. The largest absolute Gasteiger partial charge is 0.454 e. The van der Waals surface area contributed by atoms with Gasteiger partial charge in [0.05, 0.1) is 11.3 Å². The van der Waals surface area contributed by atoms with Crippen LogP contribution in [-0.2, 0) is 6.42 Å². The standard InChI is InChI=1S/C19H15F2N3O3S2/c1-10-15(8-11-4-5-13-14(7-11)27-9-26-13)28-19(23-10)24-16(25)12-3-2-6-22-17(12)29-18(20)21/h2-7,18H,8-9H2,1H3,(H,23,24,25). The molecule has 0 spiro atoms. The fraction of sp³-hybridized carbons (Fsp3) is 0.211. The van der Waals surface area contributed by atoms with E-state index >= 15 is 0 Å². The maximum Gasteiger partial charge on any atom is 0.290 e. The second-order valence-corrected chi connectivity index (χ2v) is 8.14. The van der Waals surface area contributed by atoms with Crippen molar-refractivity contribution in [2.45, 2.75) is 24.1 Å². The number of carbonyl (C=O) groups is 1. The van der Waals surface area contributed by atoms with Gasteiger partial charge in [-0.25, -0.2) is 9.97 Å². The van der Waals surface area contributed by atoms with E-state index in [1.807, 2.05) is 25.1 Å². The van der Waals surface area contributed by atoms with Crippen molar-refractivity contribution < 1.29 is 23.0 Å². The van der Waals surface area contributed by atoms with Crippen LogP contribution in [0.15, 0.2) is 41.6 Å². The Kier molecular flexibility index (Phi) is 5.63. The highest BCUT2D eigenvalue weighted by Crippen LogP contribution is 2.34. The summed E-state index contributed by atoms with van der Waals surface area (Å²) in [6.45, 7) is 2.07. The number of hydrogen-bond acceptors (Lipinski definition) is 7. The molecule has 0 atom stereocenters. The lowest BCUT2D eigenvalue weighted by molar-refractivity contribution is 0.102. The molecule has 0 unspecified atom stereocenters. The van der Waals surface area contributed by atoms with Gasteiger partial charge in [-0.15, -0.1) is 11.3 Å². The van der Waals surface area contributed by atoms with Crippen LogP contribution in [0.5, 0.6) is 11.5 Å². The summed E-state index contributed by atoms with van der Waals surface area (Å²) < 4.78 is 36.1. The first-order chi connectivity index (χ1) is 14.0. The molecule has 150 valence electrons. The number of thiazole rings is 1. The number of nitrogens with zero attached hydrogens (tertiary/aromatic N) is 2. The molecule has 1 aliphatic heterocycles. The third kappa shape index (κ3) is 4.48. The van der Waals surface area contributed by atoms with E-state index in [0.717, 1.165) is 21.9 Å². The number of nitrogens with one attached hydrogen (secondary N) is 1. The molecule has 0 radical (unpaired) electrons. The second-order valence-electron chi connectivity index (χ2n) is 6.08. The van der Waals surface area contributed by atoms with E-state index in [0.29, 0.717) is 17.3 Å². The van der Waals surface area contributed by atoms with E-state index in [9.17, 15) is 13.6 Å². The van der Waals surface area contributed by atoms with Gasteiger partial charge in [-0.3, -0.25) is 10.1 Å². The summed E-state index contributed by atoms with van der Waals surface area (Å²) in [5.41, 5.74) is 1.90. The highest BCUT2D eigenvalue weighted by atomic mass is 32.2. The van der Waals surface area contributed by atoms with Crippen molar-refractivity contribution >= 4 is 34.1 Å². The number of aromatic nitrogens is 2. The lowest BCUT2D eigenvalue weighted by Gasteiger charge is -2.06. The van der Waals surface area contributed by atoms with Crippen LogP contribution in [0, 0.1) is 6.92 Å². The Bertz CT molecular complexity index is 1060. The topological polar surface area (TPSA) is 73.3 Å². The van der Waals surface area contributed by atoms with Crippen molar-refractivity contribution in [2.75, 3.05) is 12.1 Å². The van der Waals surface area contributed by atoms with Crippen LogP contribution in [0.2, 0.25) is 0 Å². The van der Waals surface area contributed by atoms with E-state index in [1.165, 1.54) is 29.7 Å². The molecule has 1 N–H and O–H groups in total. The van der Waals surface area contributed by atoms with E-state index < -0.39 is 11.7 Å². The minimum atomic E-state index is -2.66. The van der Waals surface area contributed by atoms with Crippen molar-refractivity contribution in [2.24, 2.45) is 0 Å². The Balaban J connectivity index is 1.49. The number of benzene rings is 1. The number of aryl methyl sites for hydroxylation is 1. The van der Waals surface area contributed by atoms with Gasteiger partial charge in [0.2, 0.25) is 6.79 Å². The number of carbonyl (C=O) groups excluding carboxylic acids is 1. The number of ether oxygens (including phenoxy) is 2. The molecule has 2 aromatic heterocycles. The molecular weight excluding hydrogens is 420 g/mol. The highest BCUT2D eigenvalue weighted by molar-refractivity contribution is 7.99. The first kappa shape index (κ1) is 19.6. The van der Waals surface area contributed by atoms with Crippen molar-refractivity contribution in [3.63, 3.8) is 0 Å². The zero-order chi connectivity index (χ0) is 20.4. The molecule has 10 heteroatoms. The van der Waals surface area contributed by atoms with Crippen molar-refractivity contribution in [3.8, 4) is 11.5 Å². The maximum atomic E-state index is 12.7. The zero-order valence-electron chi connectivity index (χ0n) is 15.1. The van der Waals surface area contributed by atoms with Gasteiger partial charge in [0.1, 0.15) is 5.03 Å². The summed E-state index contributed by atoms with van der Waals surface area (Å²) >= 11 is 1.58. The van der Waals surface area contributed by atoms with Gasteiger partial charge in [-0.2, -0.15) is 8.78 Å². The van der Waals surface area contributed by atoms with Crippen LogP contribution in [0.25, 0.3) is 0 Å². The third-order valence-corrected chi connectivity index (χ3v) is 5.93. The van der Waals surface area contributed by atoms with Gasteiger partial charge in [0.15, 0.2) is 16.6 Å². The predicted molar refractivity (Wildman–Crippen MR) is 106 cm³/mol. The maximum absolute atomic E-state index is 12.7. The first-order valence-electron chi connectivity index (χ1n) is 8.55. The summed E-state index contributed by atoms with van der Waals surface area (Å²) in [5, 5.41) is 3.07. The van der Waals surface area contributed by atoms with Gasteiger partial charge in [-0.1, -0.05) is 6.07 Å². The van der Waals surface area contributed by atoms with Crippen LogP contribution in [0.4, 0.5) is 13.9 Å². The molecule has 4 rings (SSSR count). The average molecular weight is 435 g/mol. The molecule has 1 aliphatic rings. The minimum Gasteiger partial charge on any atom is -0.454 e. The molecule has 0 saturated heterocycles. The van der Waals surface area contributed by atoms with Crippen LogP contribution in [-0.4, -0.2) is 28.4 Å². The number of amides is 1. The van der Waals surface area contributed by atoms with Crippen LogP contribution >= 0.6 is 23.1 Å². The molecule has 3 aromatic rings. The SMILES string of the molecule is Cc1nc(NC(=O)c2cccnc2SC(F)F)sc1Cc1ccc2c(c1)OCO2.